The fourth-order valence-corrected chi connectivity index (χ4v) is 4.29. The van der Waals surface area contributed by atoms with Gasteiger partial charge >= 0.3 is 0 Å². The van der Waals surface area contributed by atoms with E-state index < -0.39 is 0 Å². The number of likely N-dealkylation sites (tertiary alicyclic amines) is 1. The van der Waals surface area contributed by atoms with Crippen LogP contribution >= 0.6 is 0 Å². The van der Waals surface area contributed by atoms with Gasteiger partial charge in [-0.25, -0.2) is 8.78 Å². The first-order valence-corrected chi connectivity index (χ1v) is 9.79. The molecule has 4 rings (SSSR count). The lowest BCUT2D eigenvalue weighted by molar-refractivity contribution is 0.0909. The van der Waals surface area contributed by atoms with Crippen LogP contribution in [0.15, 0.2) is 42.5 Å². The van der Waals surface area contributed by atoms with Crippen LogP contribution in [0.25, 0.3) is 0 Å². The molecule has 2 aromatic carbocycles. The van der Waals surface area contributed by atoms with E-state index in [9.17, 15) is 8.78 Å². The summed E-state index contributed by atoms with van der Waals surface area (Å²) in [5, 5.41) is 0. The molecule has 3 nitrogen and oxygen atoms in total. The third-order valence-electron chi connectivity index (χ3n) is 5.44. The summed E-state index contributed by atoms with van der Waals surface area (Å²) < 4.78 is 27.3. The molecule has 0 bridgehead atoms. The van der Waals surface area contributed by atoms with Crippen molar-refractivity contribution in [3.63, 3.8) is 0 Å². The van der Waals surface area contributed by atoms with Crippen LogP contribution < -0.4 is 9.80 Å². The molecular formula is C22H27F2N3. The third kappa shape index (κ3) is 3.93. The van der Waals surface area contributed by atoms with Gasteiger partial charge in [0, 0.05) is 50.9 Å². The number of fused-ring (bicyclic) bond motifs is 1. The molecule has 2 heterocycles. The van der Waals surface area contributed by atoms with E-state index in [0.29, 0.717) is 11.8 Å². The molecule has 0 amide bonds. The highest BCUT2D eigenvalue weighted by Crippen LogP contribution is 2.39. The predicted molar refractivity (Wildman–Crippen MR) is 107 cm³/mol. The molecule has 0 radical (unpaired) electrons. The second kappa shape index (κ2) is 7.47. The van der Waals surface area contributed by atoms with Gasteiger partial charge in [-0.3, -0.25) is 0 Å². The molecule has 144 valence electrons. The van der Waals surface area contributed by atoms with Gasteiger partial charge in [0.2, 0.25) is 0 Å². The Bertz CT molecular complexity index is 785. The van der Waals surface area contributed by atoms with Gasteiger partial charge in [-0.05, 0) is 48.4 Å². The summed E-state index contributed by atoms with van der Waals surface area (Å²) in [6, 6.07) is 11.4. The summed E-state index contributed by atoms with van der Waals surface area (Å²) in [6.07, 6.45) is 0. The van der Waals surface area contributed by atoms with Gasteiger partial charge in [-0.2, -0.15) is 0 Å². The average Bonchev–Trinajstić information content (AvgIpc) is 2.60. The lowest BCUT2D eigenvalue weighted by Gasteiger charge is -2.45. The second-order valence-corrected chi connectivity index (χ2v) is 8.19. The molecule has 2 aliphatic rings. The molecule has 27 heavy (non-hydrogen) atoms. The zero-order chi connectivity index (χ0) is 19.0. The van der Waals surface area contributed by atoms with E-state index in [4.69, 9.17) is 0 Å². The highest BCUT2D eigenvalue weighted by molar-refractivity contribution is 5.79. The lowest BCUT2D eigenvalue weighted by atomic mass is 9.97. The highest BCUT2D eigenvalue weighted by atomic mass is 19.1. The Morgan fingerprint density at radius 1 is 0.926 bits per heavy atom. The van der Waals surface area contributed by atoms with Crippen LogP contribution in [0, 0.1) is 23.5 Å². The van der Waals surface area contributed by atoms with E-state index in [1.54, 1.807) is 18.2 Å². The minimum atomic E-state index is -0.257. The van der Waals surface area contributed by atoms with Crippen molar-refractivity contribution in [3.8, 4) is 0 Å². The topological polar surface area (TPSA) is 9.72 Å². The van der Waals surface area contributed by atoms with Gasteiger partial charge in [-0.1, -0.05) is 13.8 Å². The summed E-state index contributed by atoms with van der Waals surface area (Å²) in [5.74, 6) is 0.871. The van der Waals surface area contributed by atoms with E-state index >= 15 is 0 Å². The van der Waals surface area contributed by atoms with E-state index in [0.717, 1.165) is 56.3 Å². The summed E-state index contributed by atoms with van der Waals surface area (Å²) in [5.41, 5.74) is 2.83. The zero-order valence-electron chi connectivity index (χ0n) is 16.0. The Morgan fingerprint density at radius 2 is 1.63 bits per heavy atom. The third-order valence-corrected chi connectivity index (χ3v) is 5.44. The molecule has 1 saturated heterocycles. The number of hydrogen-bond donors (Lipinski definition) is 0. The van der Waals surface area contributed by atoms with Crippen LogP contribution in [-0.4, -0.2) is 44.2 Å². The van der Waals surface area contributed by atoms with Crippen molar-refractivity contribution in [1.82, 2.24) is 4.90 Å². The van der Waals surface area contributed by atoms with Gasteiger partial charge in [0.05, 0.1) is 11.4 Å². The van der Waals surface area contributed by atoms with Crippen molar-refractivity contribution in [2.24, 2.45) is 11.8 Å². The average molecular weight is 371 g/mol. The standard InChI is InChI=1S/C22H27F2N3/c1-16(2)12-25-13-17(14-25)15-26-9-10-27(20-6-3-18(23)4-7-20)22-11-19(24)5-8-21(22)26/h3-8,11,16-17H,9-10,12-15H2,1-2H3. The molecule has 2 aliphatic heterocycles. The molecule has 0 spiro atoms. The van der Waals surface area contributed by atoms with Gasteiger partial charge < -0.3 is 14.7 Å². The van der Waals surface area contributed by atoms with Gasteiger partial charge in [0.1, 0.15) is 11.6 Å². The molecule has 5 heteroatoms. The Hall–Kier alpha value is -2.14. The fraction of sp³-hybridized carbons (Fsp3) is 0.455. The van der Waals surface area contributed by atoms with E-state index in [-0.39, 0.29) is 11.6 Å². The van der Waals surface area contributed by atoms with Gasteiger partial charge in [0.15, 0.2) is 0 Å². The maximum Gasteiger partial charge on any atom is 0.125 e. The monoisotopic (exact) mass is 371 g/mol. The Balaban J connectivity index is 1.51. The smallest absolute Gasteiger partial charge is 0.125 e. The summed E-state index contributed by atoms with van der Waals surface area (Å²) in [7, 11) is 0. The van der Waals surface area contributed by atoms with Crippen molar-refractivity contribution in [1.29, 1.82) is 0 Å². The minimum Gasteiger partial charge on any atom is -0.368 e. The molecule has 1 fully saturated rings. The van der Waals surface area contributed by atoms with Gasteiger partial charge in [0.25, 0.3) is 0 Å². The van der Waals surface area contributed by atoms with Crippen LogP contribution in [0.5, 0.6) is 0 Å². The minimum absolute atomic E-state index is 0.241. The molecule has 0 atom stereocenters. The Kier molecular flexibility index (Phi) is 5.04. The Morgan fingerprint density at radius 3 is 2.33 bits per heavy atom. The number of benzene rings is 2. The van der Waals surface area contributed by atoms with E-state index in [1.807, 2.05) is 6.07 Å². The SMILES string of the molecule is CC(C)CN1CC(CN2CCN(c3ccc(F)cc3)c3cc(F)ccc32)C1. The van der Waals surface area contributed by atoms with Crippen LogP contribution in [0.3, 0.4) is 0 Å². The molecule has 0 N–H and O–H groups in total. The van der Waals surface area contributed by atoms with Crippen molar-refractivity contribution < 1.29 is 8.78 Å². The quantitative estimate of drug-likeness (QED) is 0.766. The number of rotatable bonds is 5. The zero-order valence-corrected chi connectivity index (χ0v) is 16.0. The van der Waals surface area contributed by atoms with Crippen LogP contribution in [0.4, 0.5) is 25.8 Å². The fourth-order valence-electron chi connectivity index (χ4n) is 4.29. The maximum atomic E-state index is 14.0. The van der Waals surface area contributed by atoms with E-state index in [1.165, 1.54) is 18.2 Å². The maximum absolute atomic E-state index is 14.0. The number of anilines is 3. The van der Waals surface area contributed by atoms with Crippen molar-refractivity contribution in [2.75, 3.05) is 49.1 Å². The molecular weight excluding hydrogens is 344 g/mol. The van der Waals surface area contributed by atoms with Crippen molar-refractivity contribution in [3.05, 3.63) is 54.1 Å². The number of halogens is 2. The lowest BCUT2D eigenvalue weighted by Crippen LogP contribution is -2.53. The first-order chi connectivity index (χ1) is 13.0. The molecule has 0 aromatic heterocycles. The first-order valence-electron chi connectivity index (χ1n) is 9.79. The number of nitrogens with zero attached hydrogens (tertiary/aromatic N) is 3. The van der Waals surface area contributed by atoms with Crippen molar-refractivity contribution >= 4 is 17.1 Å². The first kappa shape index (κ1) is 18.2. The predicted octanol–water partition coefficient (Wildman–Crippen LogP) is 4.51. The van der Waals surface area contributed by atoms with Crippen LogP contribution in [0.1, 0.15) is 13.8 Å². The van der Waals surface area contributed by atoms with Crippen LogP contribution in [-0.2, 0) is 0 Å². The summed E-state index contributed by atoms with van der Waals surface area (Å²) in [4.78, 5) is 6.97. The van der Waals surface area contributed by atoms with Gasteiger partial charge in [-0.15, -0.1) is 0 Å². The molecule has 0 unspecified atom stereocenters. The van der Waals surface area contributed by atoms with Crippen molar-refractivity contribution in [2.45, 2.75) is 13.8 Å². The normalized spacial score (nSPS) is 18.0. The van der Waals surface area contributed by atoms with E-state index in [2.05, 4.69) is 28.5 Å². The molecule has 0 aliphatic carbocycles. The second-order valence-electron chi connectivity index (χ2n) is 8.19. The molecule has 0 saturated carbocycles. The largest absolute Gasteiger partial charge is 0.368 e. The summed E-state index contributed by atoms with van der Waals surface area (Å²) in [6.45, 7) is 10.6. The Labute approximate surface area is 160 Å². The van der Waals surface area contributed by atoms with Crippen LogP contribution in [0.2, 0.25) is 0 Å². The summed E-state index contributed by atoms with van der Waals surface area (Å²) >= 11 is 0. The number of hydrogen-bond acceptors (Lipinski definition) is 3. The highest BCUT2D eigenvalue weighted by Gasteiger charge is 2.31. The molecule has 2 aromatic rings.